The van der Waals surface area contributed by atoms with Crippen LogP contribution in [0, 0.1) is 0 Å². The first-order valence-electron chi connectivity index (χ1n) is 6.66. The minimum Gasteiger partial charge on any atom is -0.504 e. The molecule has 0 aliphatic heterocycles. The van der Waals surface area contributed by atoms with Gasteiger partial charge in [0, 0.05) is 31.0 Å². The molecule has 0 heterocycles. The number of anilines is 1. The van der Waals surface area contributed by atoms with Gasteiger partial charge in [-0.15, -0.1) is 0 Å². The van der Waals surface area contributed by atoms with Gasteiger partial charge in [0.15, 0.2) is 11.5 Å². The van der Waals surface area contributed by atoms with Crippen molar-refractivity contribution in [2.45, 2.75) is 6.54 Å². The molecular weight excluding hydrogens is 270 g/mol. The number of rotatable bonds is 7. The summed E-state index contributed by atoms with van der Waals surface area (Å²) in [6.07, 6.45) is 0. The molecule has 0 spiro atoms. The lowest BCUT2D eigenvalue weighted by Gasteiger charge is -2.11. The van der Waals surface area contributed by atoms with Gasteiger partial charge in [-0.05, 0) is 18.2 Å². The molecule has 0 aromatic heterocycles. The van der Waals surface area contributed by atoms with Crippen LogP contribution in [0.1, 0.15) is 5.56 Å². The second-order valence-corrected chi connectivity index (χ2v) is 4.51. The average molecular weight is 289 g/mol. The van der Waals surface area contributed by atoms with Gasteiger partial charge >= 0.3 is 0 Å². The first-order chi connectivity index (χ1) is 10.2. The maximum Gasteiger partial charge on any atom is 0.162 e. The summed E-state index contributed by atoms with van der Waals surface area (Å²) in [5.74, 6) is 0.528. The number of phenolic OH excluding ortho intramolecular Hbond substituents is 2. The van der Waals surface area contributed by atoms with Gasteiger partial charge in [-0.1, -0.05) is 18.2 Å². The Balaban J connectivity index is 1.96. The fourth-order valence-corrected chi connectivity index (χ4v) is 1.86. The highest BCUT2D eigenvalue weighted by Gasteiger charge is 2.05. The largest absolute Gasteiger partial charge is 0.504 e. The van der Waals surface area contributed by atoms with Crippen molar-refractivity contribution >= 4 is 5.69 Å². The molecule has 112 valence electrons. The minimum atomic E-state index is -0.119. The Kier molecular flexibility index (Phi) is 5.29. The topological polar surface area (TPSA) is 71.0 Å². The molecule has 0 aliphatic carbocycles. The number of benzene rings is 2. The molecule has 0 atom stereocenters. The van der Waals surface area contributed by atoms with E-state index in [1.54, 1.807) is 19.2 Å². The molecule has 5 nitrogen and oxygen atoms in total. The van der Waals surface area contributed by atoms with Crippen molar-refractivity contribution < 1.29 is 19.7 Å². The lowest BCUT2D eigenvalue weighted by molar-refractivity contribution is 0.146. The lowest BCUT2D eigenvalue weighted by Crippen LogP contribution is -2.05. The third-order valence-corrected chi connectivity index (χ3v) is 2.97. The van der Waals surface area contributed by atoms with E-state index in [-0.39, 0.29) is 11.5 Å². The van der Waals surface area contributed by atoms with Crippen molar-refractivity contribution in [2.24, 2.45) is 0 Å². The van der Waals surface area contributed by atoms with Crippen molar-refractivity contribution in [2.75, 3.05) is 25.6 Å². The van der Waals surface area contributed by atoms with E-state index in [9.17, 15) is 10.2 Å². The Morgan fingerprint density at radius 2 is 1.86 bits per heavy atom. The molecular formula is C16H19NO4. The standard InChI is InChI=1S/C16H19NO4/c1-20-8-9-21-14-6-3-5-13(10-14)17-11-12-4-2-7-15(18)16(12)19/h2-7,10,17-19H,8-9,11H2,1H3. The van der Waals surface area contributed by atoms with E-state index in [0.29, 0.717) is 25.3 Å². The van der Waals surface area contributed by atoms with Crippen LogP contribution in [-0.2, 0) is 11.3 Å². The SMILES string of the molecule is COCCOc1cccc(NCc2cccc(O)c2O)c1. The van der Waals surface area contributed by atoms with Gasteiger partial charge in [-0.2, -0.15) is 0 Å². The summed E-state index contributed by atoms with van der Waals surface area (Å²) < 4.78 is 10.5. The van der Waals surface area contributed by atoms with Gasteiger partial charge in [0.2, 0.25) is 0 Å². The summed E-state index contributed by atoms with van der Waals surface area (Å²) in [5, 5.41) is 22.4. The van der Waals surface area contributed by atoms with Crippen molar-refractivity contribution in [1.82, 2.24) is 0 Å². The van der Waals surface area contributed by atoms with Gasteiger partial charge in [-0.3, -0.25) is 0 Å². The molecule has 0 aliphatic rings. The molecule has 0 saturated heterocycles. The molecule has 0 amide bonds. The van der Waals surface area contributed by atoms with Gasteiger partial charge in [0.05, 0.1) is 6.61 Å². The van der Waals surface area contributed by atoms with Crippen LogP contribution in [0.5, 0.6) is 17.2 Å². The monoisotopic (exact) mass is 289 g/mol. The molecule has 5 heteroatoms. The molecule has 0 radical (unpaired) electrons. The fraction of sp³-hybridized carbons (Fsp3) is 0.250. The molecule has 0 bridgehead atoms. The molecule has 2 aromatic carbocycles. The van der Waals surface area contributed by atoms with Crippen molar-refractivity contribution in [3.63, 3.8) is 0 Å². The Labute approximate surface area is 123 Å². The van der Waals surface area contributed by atoms with Crippen LogP contribution in [0.25, 0.3) is 0 Å². The predicted molar refractivity (Wildman–Crippen MR) is 80.9 cm³/mol. The third kappa shape index (κ3) is 4.29. The summed E-state index contributed by atoms with van der Waals surface area (Å²) in [5.41, 5.74) is 1.49. The number of nitrogens with one attached hydrogen (secondary N) is 1. The molecule has 0 fully saturated rings. The van der Waals surface area contributed by atoms with E-state index >= 15 is 0 Å². The number of hydrogen-bond donors (Lipinski definition) is 3. The average Bonchev–Trinajstić information content (AvgIpc) is 2.50. The summed E-state index contributed by atoms with van der Waals surface area (Å²) in [6.45, 7) is 1.43. The maximum atomic E-state index is 9.74. The Morgan fingerprint density at radius 3 is 2.67 bits per heavy atom. The van der Waals surface area contributed by atoms with Gasteiger partial charge in [0.1, 0.15) is 12.4 Å². The number of ether oxygens (including phenoxy) is 2. The maximum absolute atomic E-state index is 9.74. The summed E-state index contributed by atoms with van der Waals surface area (Å²) in [6, 6.07) is 12.4. The van der Waals surface area contributed by atoms with E-state index in [0.717, 1.165) is 11.4 Å². The zero-order valence-electron chi connectivity index (χ0n) is 11.9. The fourth-order valence-electron chi connectivity index (χ4n) is 1.86. The number of methoxy groups -OCH3 is 1. The van der Waals surface area contributed by atoms with Crippen molar-refractivity contribution in [3.8, 4) is 17.2 Å². The highest BCUT2D eigenvalue weighted by atomic mass is 16.5. The zero-order chi connectivity index (χ0) is 15.1. The van der Waals surface area contributed by atoms with Crippen LogP contribution in [0.3, 0.4) is 0 Å². The minimum absolute atomic E-state index is 0.0995. The van der Waals surface area contributed by atoms with Crippen LogP contribution in [-0.4, -0.2) is 30.5 Å². The summed E-state index contributed by atoms with van der Waals surface area (Å²) in [7, 11) is 1.63. The highest BCUT2D eigenvalue weighted by Crippen LogP contribution is 2.29. The molecule has 0 saturated carbocycles. The van der Waals surface area contributed by atoms with Crippen LogP contribution >= 0.6 is 0 Å². The number of phenols is 2. The normalized spacial score (nSPS) is 10.3. The Morgan fingerprint density at radius 1 is 1.05 bits per heavy atom. The number of hydrogen-bond acceptors (Lipinski definition) is 5. The summed E-state index contributed by atoms with van der Waals surface area (Å²) >= 11 is 0. The van der Waals surface area contributed by atoms with Crippen LogP contribution in [0.2, 0.25) is 0 Å². The van der Waals surface area contributed by atoms with Gasteiger partial charge in [-0.25, -0.2) is 0 Å². The lowest BCUT2D eigenvalue weighted by atomic mass is 10.2. The smallest absolute Gasteiger partial charge is 0.162 e. The Bertz CT molecular complexity index is 586. The van der Waals surface area contributed by atoms with Crippen LogP contribution in [0.4, 0.5) is 5.69 Å². The quantitative estimate of drug-likeness (QED) is 0.540. The number of para-hydroxylation sites is 1. The zero-order valence-corrected chi connectivity index (χ0v) is 11.9. The van der Waals surface area contributed by atoms with E-state index in [1.807, 2.05) is 24.3 Å². The summed E-state index contributed by atoms with van der Waals surface area (Å²) in [4.78, 5) is 0. The van der Waals surface area contributed by atoms with Crippen molar-refractivity contribution in [3.05, 3.63) is 48.0 Å². The van der Waals surface area contributed by atoms with E-state index in [1.165, 1.54) is 6.07 Å². The first-order valence-corrected chi connectivity index (χ1v) is 6.66. The molecule has 2 aromatic rings. The number of aromatic hydroxyl groups is 2. The third-order valence-electron chi connectivity index (χ3n) is 2.97. The second-order valence-electron chi connectivity index (χ2n) is 4.51. The molecule has 21 heavy (non-hydrogen) atoms. The van der Waals surface area contributed by atoms with Crippen LogP contribution in [0.15, 0.2) is 42.5 Å². The van der Waals surface area contributed by atoms with E-state index in [2.05, 4.69) is 5.32 Å². The van der Waals surface area contributed by atoms with E-state index < -0.39 is 0 Å². The van der Waals surface area contributed by atoms with E-state index in [4.69, 9.17) is 9.47 Å². The first kappa shape index (κ1) is 15.0. The highest BCUT2D eigenvalue weighted by molar-refractivity contribution is 5.51. The molecule has 3 N–H and O–H groups in total. The predicted octanol–water partition coefficient (Wildman–Crippen LogP) is 2.74. The second kappa shape index (κ2) is 7.40. The molecule has 2 rings (SSSR count). The Hall–Kier alpha value is -2.40. The van der Waals surface area contributed by atoms with Gasteiger partial charge < -0.3 is 25.0 Å². The van der Waals surface area contributed by atoms with Crippen molar-refractivity contribution in [1.29, 1.82) is 0 Å². The van der Waals surface area contributed by atoms with Gasteiger partial charge in [0.25, 0.3) is 0 Å². The van der Waals surface area contributed by atoms with Crippen LogP contribution < -0.4 is 10.1 Å². The molecule has 0 unspecified atom stereocenters.